The molecule has 1 saturated heterocycles. The highest BCUT2D eigenvalue weighted by Crippen LogP contribution is 2.23. The van der Waals surface area contributed by atoms with Crippen LogP contribution in [0.4, 0.5) is 0 Å². The van der Waals surface area contributed by atoms with E-state index in [0.29, 0.717) is 19.1 Å². The average Bonchev–Trinajstić information content (AvgIpc) is 2.45. The first-order chi connectivity index (χ1) is 9.68. The number of para-hydroxylation sites is 1. The largest absolute Gasteiger partial charge is 0.492 e. The van der Waals surface area contributed by atoms with Gasteiger partial charge in [-0.1, -0.05) is 12.1 Å². The lowest BCUT2D eigenvalue weighted by atomic mass is 10.2. The molecule has 0 aromatic heterocycles. The van der Waals surface area contributed by atoms with E-state index in [1.54, 1.807) is 0 Å². The van der Waals surface area contributed by atoms with E-state index >= 15 is 0 Å². The molecule has 1 aromatic carbocycles. The van der Waals surface area contributed by atoms with Crippen LogP contribution in [0.15, 0.2) is 28.7 Å². The molecule has 0 bridgehead atoms. The maximum atomic E-state index is 12.1. The lowest BCUT2D eigenvalue weighted by Crippen LogP contribution is -2.52. The highest BCUT2D eigenvalue weighted by molar-refractivity contribution is 9.10. The first kappa shape index (κ1) is 18.3. The minimum absolute atomic E-state index is 0. The lowest BCUT2D eigenvalue weighted by molar-refractivity contribution is -0.134. The minimum atomic E-state index is 0. The number of rotatable bonds is 5. The van der Waals surface area contributed by atoms with E-state index in [1.807, 2.05) is 29.2 Å². The molecule has 1 atom stereocenters. The Bertz CT molecular complexity index is 459. The predicted molar refractivity (Wildman–Crippen MR) is 90.2 cm³/mol. The zero-order valence-electron chi connectivity index (χ0n) is 12.2. The first-order valence-corrected chi connectivity index (χ1v) is 7.85. The Hall–Kier alpha value is -0.780. The Morgan fingerprint density at radius 3 is 2.95 bits per heavy atom. The summed E-state index contributed by atoms with van der Waals surface area (Å²) in [5.41, 5.74) is 0. The molecule has 6 heteroatoms. The van der Waals surface area contributed by atoms with Gasteiger partial charge in [0.15, 0.2) is 0 Å². The van der Waals surface area contributed by atoms with Crippen molar-refractivity contribution in [2.24, 2.45) is 0 Å². The summed E-state index contributed by atoms with van der Waals surface area (Å²) in [5, 5.41) is 3.29. The van der Waals surface area contributed by atoms with E-state index in [4.69, 9.17) is 4.74 Å². The van der Waals surface area contributed by atoms with Gasteiger partial charge in [-0.15, -0.1) is 12.4 Å². The van der Waals surface area contributed by atoms with Gasteiger partial charge in [-0.05, 0) is 41.4 Å². The van der Waals surface area contributed by atoms with Crippen LogP contribution in [0, 0.1) is 0 Å². The number of piperazine rings is 1. The van der Waals surface area contributed by atoms with E-state index in [9.17, 15) is 4.79 Å². The topological polar surface area (TPSA) is 41.6 Å². The molecule has 1 aromatic rings. The molecule has 4 nitrogen and oxygen atoms in total. The molecule has 21 heavy (non-hydrogen) atoms. The summed E-state index contributed by atoms with van der Waals surface area (Å²) in [6, 6.07) is 8.05. The molecule has 1 aliphatic rings. The second-order valence-electron chi connectivity index (χ2n) is 5.02. The molecule has 1 fully saturated rings. The van der Waals surface area contributed by atoms with E-state index in [-0.39, 0.29) is 18.3 Å². The number of nitrogens with one attached hydrogen (secondary N) is 1. The molecule has 1 unspecified atom stereocenters. The molecule has 1 heterocycles. The Morgan fingerprint density at radius 1 is 1.48 bits per heavy atom. The second-order valence-corrected chi connectivity index (χ2v) is 5.88. The number of hydrogen-bond acceptors (Lipinski definition) is 3. The highest BCUT2D eigenvalue weighted by Gasteiger charge is 2.22. The van der Waals surface area contributed by atoms with E-state index < -0.39 is 0 Å². The van der Waals surface area contributed by atoms with Crippen LogP contribution in [0.2, 0.25) is 0 Å². The summed E-state index contributed by atoms with van der Waals surface area (Å²) in [6.07, 6.45) is 1.30. The summed E-state index contributed by atoms with van der Waals surface area (Å²) in [5.74, 6) is 1.06. The average molecular weight is 378 g/mol. The van der Waals surface area contributed by atoms with Crippen molar-refractivity contribution in [3.05, 3.63) is 28.7 Å². The van der Waals surface area contributed by atoms with Crippen LogP contribution in [0.1, 0.15) is 19.8 Å². The van der Waals surface area contributed by atoms with E-state index in [0.717, 1.165) is 36.3 Å². The molecule has 0 aliphatic carbocycles. The van der Waals surface area contributed by atoms with Crippen LogP contribution in [-0.4, -0.2) is 43.1 Å². The number of ether oxygens (including phenoxy) is 1. The van der Waals surface area contributed by atoms with Crippen molar-refractivity contribution in [2.75, 3.05) is 26.2 Å². The smallest absolute Gasteiger partial charge is 0.223 e. The molecule has 0 spiro atoms. The lowest BCUT2D eigenvalue weighted by Gasteiger charge is -2.34. The Morgan fingerprint density at radius 2 is 2.24 bits per heavy atom. The number of carbonyl (C=O) groups excluding carboxylic acids is 1. The van der Waals surface area contributed by atoms with Gasteiger partial charge in [0.25, 0.3) is 0 Å². The van der Waals surface area contributed by atoms with Gasteiger partial charge < -0.3 is 15.0 Å². The molecule has 0 radical (unpaired) electrons. The fraction of sp³-hybridized carbons (Fsp3) is 0.533. The number of nitrogens with zero attached hydrogens (tertiary/aromatic N) is 1. The van der Waals surface area contributed by atoms with Crippen LogP contribution in [0.3, 0.4) is 0 Å². The third-order valence-corrected chi connectivity index (χ3v) is 4.11. The summed E-state index contributed by atoms with van der Waals surface area (Å²) in [6.45, 7) is 5.24. The van der Waals surface area contributed by atoms with Crippen LogP contribution >= 0.6 is 28.3 Å². The van der Waals surface area contributed by atoms with Gasteiger partial charge >= 0.3 is 0 Å². The zero-order chi connectivity index (χ0) is 14.4. The fourth-order valence-corrected chi connectivity index (χ4v) is 2.72. The van der Waals surface area contributed by atoms with Crippen molar-refractivity contribution >= 4 is 34.2 Å². The molecule has 2 rings (SSSR count). The standard InChI is InChI=1S/C15H21BrN2O2.ClH/c1-12-11-17-8-9-18(12)15(19)7-4-10-20-14-6-3-2-5-13(14)16;/h2-3,5-6,12,17H,4,7-11H2,1H3;1H. The monoisotopic (exact) mass is 376 g/mol. The van der Waals surface area contributed by atoms with Gasteiger partial charge in [-0.25, -0.2) is 0 Å². The molecular formula is C15H22BrClN2O2. The Labute approximate surface area is 140 Å². The van der Waals surface area contributed by atoms with Crippen molar-refractivity contribution in [1.82, 2.24) is 10.2 Å². The van der Waals surface area contributed by atoms with Crippen LogP contribution in [0.5, 0.6) is 5.75 Å². The van der Waals surface area contributed by atoms with Crippen LogP contribution in [0.25, 0.3) is 0 Å². The van der Waals surface area contributed by atoms with Crippen molar-refractivity contribution in [2.45, 2.75) is 25.8 Å². The molecule has 118 valence electrons. The van der Waals surface area contributed by atoms with Crippen molar-refractivity contribution < 1.29 is 9.53 Å². The molecular weight excluding hydrogens is 356 g/mol. The number of benzene rings is 1. The SMILES string of the molecule is CC1CNCCN1C(=O)CCCOc1ccccc1Br.Cl. The molecule has 1 N–H and O–H groups in total. The summed E-state index contributed by atoms with van der Waals surface area (Å²) in [7, 11) is 0. The van der Waals surface area contributed by atoms with Gasteiger partial charge in [-0.3, -0.25) is 4.79 Å². The van der Waals surface area contributed by atoms with Gasteiger partial charge in [0.1, 0.15) is 5.75 Å². The van der Waals surface area contributed by atoms with E-state index in [2.05, 4.69) is 28.2 Å². The third-order valence-electron chi connectivity index (χ3n) is 3.45. The van der Waals surface area contributed by atoms with Crippen LogP contribution < -0.4 is 10.1 Å². The number of halogens is 2. The summed E-state index contributed by atoms with van der Waals surface area (Å²) < 4.78 is 6.62. The van der Waals surface area contributed by atoms with Gasteiger partial charge in [0.05, 0.1) is 11.1 Å². The number of amides is 1. The highest BCUT2D eigenvalue weighted by atomic mass is 79.9. The molecule has 0 saturated carbocycles. The number of carbonyl (C=O) groups is 1. The quantitative estimate of drug-likeness (QED) is 0.802. The van der Waals surface area contributed by atoms with Crippen molar-refractivity contribution in [3.8, 4) is 5.75 Å². The Balaban J connectivity index is 0.00000220. The van der Waals surface area contributed by atoms with E-state index in [1.165, 1.54) is 0 Å². The minimum Gasteiger partial charge on any atom is -0.492 e. The molecule has 1 amide bonds. The third kappa shape index (κ3) is 5.49. The first-order valence-electron chi connectivity index (χ1n) is 7.06. The summed E-state index contributed by atoms with van der Waals surface area (Å²) >= 11 is 3.44. The predicted octanol–water partition coefficient (Wildman–Crippen LogP) is 2.85. The number of hydrogen-bond donors (Lipinski definition) is 1. The summed E-state index contributed by atoms with van der Waals surface area (Å²) in [4.78, 5) is 14.1. The maximum absolute atomic E-state index is 12.1. The van der Waals surface area contributed by atoms with Crippen LogP contribution in [-0.2, 0) is 4.79 Å². The van der Waals surface area contributed by atoms with Gasteiger partial charge in [-0.2, -0.15) is 0 Å². The van der Waals surface area contributed by atoms with Crippen molar-refractivity contribution in [3.63, 3.8) is 0 Å². The second kappa shape index (κ2) is 9.28. The van der Waals surface area contributed by atoms with Gasteiger partial charge in [0.2, 0.25) is 5.91 Å². The fourth-order valence-electron chi connectivity index (χ4n) is 2.32. The Kier molecular flexibility index (Phi) is 8.07. The zero-order valence-corrected chi connectivity index (χ0v) is 14.6. The molecule has 1 aliphatic heterocycles. The van der Waals surface area contributed by atoms with Crippen molar-refractivity contribution in [1.29, 1.82) is 0 Å². The van der Waals surface area contributed by atoms with Gasteiger partial charge in [0, 0.05) is 32.1 Å². The maximum Gasteiger partial charge on any atom is 0.223 e. The normalized spacial score (nSPS) is 18.0.